The highest BCUT2D eigenvalue weighted by molar-refractivity contribution is 5.91. The minimum absolute atomic E-state index is 0.0406. The van der Waals surface area contributed by atoms with E-state index in [4.69, 9.17) is 4.74 Å². The molecule has 1 aliphatic rings. The van der Waals surface area contributed by atoms with Crippen LogP contribution in [0.3, 0.4) is 0 Å². The summed E-state index contributed by atoms with van der Waals surface area (Å²) in [6.45, 7) is 3.83. The van der Waals surface area contributed by atoms with Gasteiger partial charge in [0.2, 0.25) is 17.6 Å². The molecule has 186 valence electrons. The fraction of sp³-hybridized carbons (Fsp3) is 0.400. The lowest BCUT2D eigenvalue weighted by Gasteiger charge is -2.23. The molecule has 1 unspecified atom stereocenters. The first-order valence-corrected chi connectivity index (χ1v) is 11.4. The fourth-order valence-corrected chi connectivity index (χ4v) is 4.11. The van der Waals surface area contributed by atoms with Gasteiger partial charge in [-0.15, -0.1) is 0 Å². The Morgan fingerprint density at radius 2 is 1.80 bits per heavy atom. The molecule has 10 heteroatoms. The normalized spacial score (nSPS) is 16.0. The number of hydrogen-bond donors (Lipinski definition) is 3. The van der Waals surface area contributed by atoms with Crippen LogP contribution < -0.4 is 15.4 Å². The fourth-order valence-electron chi connectivity index (χ4n) is 4.11. The minimum Gasteiger partial charge on any atom is -0.486 e. The van der Waals surface area contributed by atoms with Gasteiger partial charge in [0.15, 0.2) is 0 Å². The molecule has 0 saturated heterocycles. The molecule has 0 aliphatic carbocycles. The molecule has 3 N–H and O–H groups in total. The Hall–Kier alpha value is -3.95. The predicted octanol–water partition coefficient (Wildman–Crippen LogP) is 2.80. The number of aliphatic carboxylic acids is 1. The van der Waals surface area contributed by atoms with E-state index in [9.17, 15) is 29.6 Å². The van der Waals surface area contributed by atoms with Crippen molar-refractivity contribution >= 4 is 23.5 Å². The first kappa shape index (κ1) is 25.7. The molecule has 0 bridgehead atoms. The standard InChI is InChI=1S/C25H29N3O7/c1-15(2)11-20(25(31)32)27-24(30)19(12-16-7-4-3-5-8-16)26-22(29)13-17-14-35-23-18(17)9-6-10-21(23)28(33)34/h3-10,15,17,19-20H,11-14H2,1-2H3,(H,26,29)(H,27,30)(H,31,32)/t17?,19-,20-/m0/s1. The van der Waals surface area contributed by atoms with Crippen LogP contribution in [0.4, 0.5) is 5.69 Å². The summed E-state index contributed by atoms with van der Waals surface area (Å²) >= 11 is 0. The van der Waals surface area contributed by atoms with Crippen molar-refractivity contribution in [3.63, 3.8) is 0 Å². The van der Waals surface area contributed by atoms with Crippen LogP contribution in [0, 0.1) is 16.0 Å². The lowest BCUT2D eigenvalue weighted by molar-refractivity contribution is -0.385. The quantitative estimate of drug-likeness (QED) is 0.329. The van der Waals surface area contributed by atoms with Gasteiger partial charge in [0.05, 0.1) is 11.5 Å². The summed E-state index contributed by atoms with van der Waals surface area (Å²) in [5, 5.41) is 26.0. The number of carboxylic acids is 1. The van der Waals surface area contributed by atoms with Gasteiger partial charge in [-0.25, -0.2) is 4.79 Å². The predicted molar refractivity (Wildman–Crippen MR) is 127 cm³/mol. The molecule has 3 atom stereocenters. The van der Waals surface area contributed by atoms with E-state index in [1.165, 1.54) is 6.07 Å². The van der Waals surface area contributed by atoms with Crippen LogP contribution in [-0.4, -0.2) is 46.5 Å². The highest BCUT2D eigenvalue weighted by atomic mass is 16.6. The molecule has 0 saturated carbocycles. The maximum Gasteiger partial charge on any atom is 0.326 e. The molecule has 0 fully saturated rings. The molecule has 35 heavy (non-hydrogen) atoms. The van der Waals surface area contributed by atoms with Gasteiger partial charge in [-0.1, -0.05) is 56.3 Å². The maximum atomic E-state index is 13.0. The molecule has 0 aromatic heterocycles. The summed E-state index contributed by atoms with van der Waals surface area (Å²) in [6, 6.07) is 11.6. The summed E-state index contributed by atoms with van der Waals surface area (Å²) in [5.74, 6) is -2.37. The van der Waals surface area contributed by atoms with E-state index in [0.29, 0.717) is 5.56 Å². The number of benzene rings is 2. The average molecular weight is 484 g/mol. The molecule has 1 heterocycles. The van der Waals surface area contributed by atoms with E-state index in [1.807, 2.05) is 44.2 Å². The van der Waals surface area contributed by atoms with Crippen molar-refractivity contribution in [3.8, 4) is 5.75 Å². The van der Waals surface area contributed by atoms with Crippen molar-refractivity contribution in [2.45, 2.75) is 51.1 Å². The zero-order valence-electron chi connectivity index (χ0n) is 19.6. The number of carbonyl (C=O) groups is 3. The van der Waals surface area contributed by atoms with Crippen molar-refractivity contribution < 1.29 is 29.2 Å². The van der Waals surface area contributed by atoms with E-state index in [2.05, 4.69) is 10.6 Å². The molecule has 2 aromatic carbocycles. The van der Waals surface area contributed by atoms with Crippen LogP contribution in [-0.2, 0) is 20.8 Å². The Morgan fingerprint density at radius 3 is 2.43 bits per heavy atom. The lowest BCUT2D eigenvalue weighted by atomic mass is 9.96. The molecule has 2 aromatic rings. The average Bonchev–Trinajstić information content (AvgIpc) is 3.21. The lowest BCUT2D eigenvalue weighted by Crippen LogP contribution is -2.52. The Balaban J connectivity index is 1.74. The summed E-state index contributed by atoms with van der Waals surface area (Å²) in [5.41, 5.74) is 1.21. The van der Waals surface area contributed by atoms with Crippen LogP contribution in [0.5, 0.6) is 5.75 Å². The zero-order chi connectivity index (χ0) is 25.5. The van der Waals surface area contributed by atoms with E-state index >= 15 is 0 Å². The molecule has 0 radical (unpaired) electrons. The van der Waals surface area contributed by atoms with Gasteiger partial charge in [0.25, 0.3) is 0 Å². The molecule has 0 spiro atoms. The van der Waals surface area contributed by atoms with E-state index in [1.54, 1.807) is 12.1 Å². The van der Waals surface area contributed by atoms with Crippen molar-refractivity contribution in [2.75, 3.05) is 6.61 Å². The summed E-state index contributed by atoms with van der Waals surface area (Å²) in [6.07, 6.45) is 0.388. The Labute approximate surface area is 202 Å². The summed E-state index contributed by atoms with van der Waals surface area (Å²) < 4.78 is 5.50. The number of carboxylic acid groups (broad SMARTS) is 1. The van der Waals surface area contributed by atoms with Gasteiger partial charge in [-0.05, 0) is 17.9 Å². The minimum atomic E-state index is -1.14. The second-order valence-corrected chi connectivity index (χ2v) is 9.00. The number of nitro groups is 1. The highest BCUT2D eigenvalue weighted by Crippen LogP contribution is 2.42. The maximum absolute atomic E-state index is 13.0. The van der Waals surface area contributed by atoms with Crippen molar-refractivity contribution in [1.29, 1.82) is 0 Å². The number of ether oxygens (including phenoxy) is 1. The molecular weight excluding hydrogens is 454 g/mol. The van der Waals surface area contributed by atoms with Crippen LogP contribution >= 0.6 is 0 Å². The number of nitrogens with one attached hydrogen (secondary N) is 2. The van der Waals surface area contributed by atoms with Crippen LogP contribution in [0.15, 0.2) is 48.5 Å². The van der Waals surface area contributed by atoms with Gasteiger partial charge in [0.1, 0.15) is 12.1 Å². The first-order valence-electron chi connectivity index (χ1n) is 11.4. The number of fused-ring (bicyclic) bond motifs is 1. The van der Waals surface area contributed by atoms with Crippen LogP contribution in [0.25, 0.3) is 0 Å². The molecule has 1 aliphatic heterocycles. The second kappa shape index (κ2) is 11.5. The SMILES string of the molecule is CC(C)C[C@H](NC(=O)[C@H](Cc1ccccc1)NC(=O)CC1COc2c1cccc2[N+](=O)[O-])C(=O)O. The number of rotatable bonds is 11. The van der Waals surface area contributed by atoms with Crippen molar-refractivity contribution in [3.05, 3.63) is 69.8 Å². The number of amides is 2. The van der Waals surface area contributed by atoms with Crippen molar-refractivity contribution in [2.24, 2.45) is 5.92 Å². The monoisotopic (exact) mass is 483 g/mol. The number of carbonyl (C=O) groups excluding carboxylic acids is 2. The summed E-state index contributed by atoms with van der Waals surface area (Å²) in [4.78, 5) is 48.3. The highest BCUT2D eigenvalue weighted by Gasteiger charge is 2.33. The van der Waals surface area contributed by atoms with Gasteiger partial charge < -0.3 is 20.5 Å². The van der Waals surface area contributed by atoms with E-state index in [-0.39, 0.29) is 43.2 Å². The Kier molecular flexibility index (Phi) is 8.40. The van der Waals surface area contributed by atoms with E-state index in [0.717, 1.165) is 5.56 Å². The van der Waals surface area contributed by atoms with E-state index < -0.39 is 40.7 Å². The third-order valence-corrected chi connectivity index (χ3v) is 5.78. The van der Waals surface area contributed by atoms with Crippen molar-refractivity contribution in [1.82, 2.24) is 10.6 Å². The van der Waals surface area contributed by atoms with Gasteiger partial charge in [-0.2, -0.15) is 0 Å². The molecule has 2 amide bonds. The number of para-hydroxylation sites is 1. The smallest absolute Gasteiger partial charge is 0.326 e. The van der Waals surface area contributed by atoms with Gasteiger partial charge >= 0.3 is 11.7 Å². The Morgan fingerprint density at radius 1 is 1.09 bits per heavy atom. The van der Waals surface area contributed by atoms with Gasteiger partial charge in [-0.3, -0.25) is 19.7 Å². The number of nitro benzene ring substituents is 1. The third kappa shape index (κ3) is 6.78. The third-order valence-electron chi connectivity index (χ3n) is 5.78. The topological polar surface area (TPSA) is 148 Å². The second-order valence-electron chi connectivity index (χ2n) is 9.00. The summed E-state index contributed by atoms with van der Waals surface area (Å²) in [7, 11) is 0. The largest absolute Gasteiger partial charge is 0.486 e. The van der Waals surface area contributed by atoms with Crippen LogP contribution in [0.2, 0.25) is 0 Å². The molecule has 10 nitrogen and oxygen atoms in total. The Bertz CT molecular complexity index is 1090. The van der Waals surface area contributed by atoms with Gasteiger partial charge in [0, 0.05) is 30.4 Å². The molecular formula is C25H29N3O7. The first-order chi connectivity index (χ1) is 16.7. The number of hydrogen-bond acceptors (Lipinski definition) is 6. The zero-order valence-corrected chi connectivity index (χ0v) is 19.6. The molecule has 3 rings (SSSR count). The number of nitrogens with zero attached hydrogens (tertiary/aromatic N) is 1. The van der Waals surface area contributed by atoms with Crippen LogP contribution in [0.1, 0.15) is 43.7 Å².